The highest BCUT2D eigenvalue weighted by Crippen LogP contribution is 2.27. The van der Waals surface area contributed by atoms with Crippen molar-refractivity contribution in [3.8, 4) is 11.6 Å². The Hall–Kier alpha value is -2.83. The SMILES string of the molecule is CC(=NCc1ccccc1)c1c(O)n(-c2cc(Cl)ccc2Cl)c(=O)[nH]c1=O. The van der Waals surface area contributed by atoms with Crippen molar-refractivity contribution in [2.75, 3.05) is 0 Å². The van der Waals surface area contributed by atoms with Gasteiger partial charge in [-0.2, -0.15) is 0 Å². The van der Waals surface area contributed by atoms with Crippen molar-refractivity contribution in [1.82, 2.24) is 9.55 Å². The van der Waals surface area contributed by atoms with Gasteiger partial charge in [-0.3, -0.25) is 14.8 Å². The summed E-state index contributed by atoms with van der Waals surface area (Å²) in [5, 5.41) is 11.2. The number of aromatic nitrogens is 2. The smallest absolute Gasteiger partial charge is 0.335 e. The van der Waals surface area contributed by atoms with E-state index in [4.69, 9.17) is 23.2 Å². The van der Waals surface area contributed by atoms with Crippen LogP contribution in [0.2, 0.25) is 10.0 Å². The van der Waals surface area contributed by atoms with Gasteiger partial charge >= 0.3 is 5.69 Å². The summed E-state index contributed by atoms with van der Waals surface area (Å²) in [6.07, 6.45) is 0. The number of aromatic amines is 1. The van der Waals surface area contributed by atoms with Crippen molar-refractivity contribution >= 4 is 28.9 Å². The van der Waals surface area contributed by atoms with E-state index in [9.17, 15) is 14.7 Å². The minimum Gasteiger partial charge on any atom is -0.493 e. The first-order valence-electron chi connectivity index (χ1n) is 7.97. The van der Waals surface area contributed by atoms with Crippen LogP contribution in [-0.4, -0.2) is 20.4 Å². The lowest BCUT2D eigenvalue weighted by atomic mass is 10.2. The van der Waals surface area contributed by atoms with Gasteiger partial charge in [0.05, 0.1) is 23.0 Å². The van der Waals surface area contributed by atoms with Crippen molar-refractivity contribution in [1.29, 1.82) is 0 Å². The number of hydrogen-bond donors (Lipinski definition) is 2. The normalized spacial score (nSPS) is 11.6. The molecule has 8 heteroatoms. The van der Waals surface area contributed by atoms with Crippen molar-refractivity contribution in [2.24, 2.45) is 4.99 Å². The highest BCUT2D eigenvalue weighted by molar-refractivity contribution is 6.34. The topological polar surface area (TPSA) is 87.4 Å². The number of aromatic hydroxyl groups is 1. The van der Waals surface area contributed by atoms with Crippen LogP contribution in [-0.2, 0) is 6.54 Å². The van der Waals surface area contributed by atoms with Crippen LogP contribution in [0.25, 0.3) is 5.69 Å². The quantitative estimate of drug-likeness (QED) is 0.652. The zero-order valence-corrected chi connectivity index (χ0v) is 15.8. The fourth-order valence-electron chi connectivity index (χ4n) is 2.60. The van der Waals surface area contributed by atoms with Crippen LogP contribution in [0, 0.1) is 0 Å². The molecule has 0 aliphatic carbocycles. The molecule has 1 aromatic heterocycles. The number of rotatable bonds is 4. The van der Waals surface area contributed by atoms with Gasteiger partial charge in [0, 0.05) is 5.02 Å². The Morgan fingerprint density at radius 1 is 1.15 bits per heavy atom. The number of H-pyrrole nitrogens is 1. The predicted molar refractivity (Wildman–Crippen MR) is 107 cm³/mol. The highest BCUT2D eigenvalue weighted by atomic mass is 35.5. The summed E-state index contributed by atoms with van der Waals surface area (Å²) in [6, 6.07) is 13.9. The largest absolute Gasteiger partial charge is 0.493 e. The highest BCUT2D eigenvalue weighted by Gasteiger charge is 2.19. The van der Waals surface area contributed by atoms with Crippen LogP contribution in [0.1, 0.15) is 18.1 Å². The summed E-state index contributed by atoms with van der Waals surface area (Å²) in [6.45, 7) is 1.91. The first-order chi connectivity index (χ1) is 12.9. The Morgan fingerprint density at radius 3 is 2.56 bits per heavy atom. The van der Waals surface area contributed by atoms with Crippen molar-refractivity contribution in [3.63, 3.8) is 0 Å². The van der Waals surface area contributed by atoms with E-state index in [1.807, 2.05) is 30.3 Å². The van der Waals surface area contributed by atoms with Crippen molar-refractivity contribution < 1.29 is 5.11 Å². The number of hydrogen-bond acceptors (Lipinski definition) is 4. The Morgan fingerprint density at radius 2 is 1.85 bits per heavy atom. The summed E-state index contributed by atoms with van der Waals surface area (Å²) in [5.41, 5.74) is -0.299. The molecule has 6 nitrogen and oxygen atoms in total. The molecule has 0 spiro atoms. The standard InChI is InChI=1S/C19H15Cl2N3O3/c1-11(22-10-12-5-3-2-4-6-12)16-17(25)23-19(27)24(18(16)26)15-9-13(20)7-8-14(15)21/h2-9,26H,10H2,1H3,(H,23,25,27). The molecule has 0 bridgehead atoms. The van der Waals surface area contributed by atoms with E-state index < -0.39 is 17.1 Å². The van der Waals surface area contributed by atoms with E-state index in [1.54, 1.807) is 13.0 Å². The molecule has 1 heterocycles. The third-order valence-electron chi connectivity index (χ3n) is 3.94. The molecule has 0 aliphatic rings. The van der Waals surface area contributed by atoms with Crippen LogP contribution in [0.15, 0.2) is 63.1 Å². The Labute approximate surface area is 164 Å². The van der Waals surface area contributed by atoms with E-state index >= 15 is 0 Å². The molecule has 0 radical (unpaired) electrons. The minimum absolute atomic E-state index is 0.110. The zero-order chi connectivity index (χ0) is 19.6. The van der Waals surface area contributed by atoms with Crippen LogP contribution in [0.3, 0.4) is 0 Å². The number of halogens is 2. The summed E-state index contributed by atoms with van der Waals surface area (Å²) < 4.78 is 0.895. The van der Waals surface area contributed by atoms with Gasteiger partial charge < -0.3 is 5.11 Å². The van der Waals surface area contributed by atoms with Crippen LogP contribution < -0.4 is 11.2 Å². The van der Waals surface area contributed by atoms with Crippen LogP contribution in [0.5, 0.6) is 5.88 Å². The Bertz CT molecular complexity index is 1140. The molecule has 27 heavy (non-hydrogen) atoms. The molecule has 0 amide bonds. The van der Waals surface area contributed by atoms with Gasteiger partial charge in [0.2, 0.25) is 5.88 Å². The van der Waals surface area contributed by atoms with Gasteiger partial charge in [-0.1, -0.05) is 53.5 Å². The van der Waals surface area contributed by atoms with Crippen LogP contribution >= 0.6 is 23.2 Å². The maximum absolute atomic E-state index is 12.3. The predicted octanol–water partition coefficient (Wildman–Crippen LogP) is 3.55. The van der Waals surface area contributed by atoms with E-state index in [1.165, 1.54) is 12.1 Å². The van der Waals surface area contributed by atoms with Gasteiger partial charge in [-0.15, -0.1) is 0 Å². The Balaban J connectivity index is 2.13. The average molecular weight is 404 g/mol. The lowest BCUT2D eigenvalue weighted by Gasteiger charge is -2.13. The Kier molecular flexibility index (Phi) is 5.48. The van der Waals surface area contributed by atoms with Gasteiger partial charge in [-0.05, 0) is 30.7 Å². The number of benzene rings is 2. The molecule has 0 saturated heterocycles. The maximum atomic E-state index is 12.3. The zero-order valence-electron chi connectivity index (χ0n) is 14.2. The minimum atomic E-state index is -0.832. The summed E-state index contributed by atoms with van der Waals surface area (Å²) >= 11 is 12.1. The van der Waals surface area contributed by atoms with E-state index in [0.717, 1.165) is 10.1 Å². The third kappa shape index (κ3) is 3.97. The number of aliphatic imine (C=N–C) groups is 1. The van der Waals surface area contributed by atoms with E-state index in [2.05, 4.69) is 9.98 Å². The van der Waals surface area contributed by atoms with Crippen molar-refractivity contribution in [2.45, 2.75) is 13.5 Å². The molecule has 2 N–H and O–H groups in total. The maximum Gasteiger partial charge on any atom is 0.335 e. The summed E-state index contributed by atoms with van der Waals surface area (Å²) in [7, 11) is 0. The van der Waals surface area contributed by atoms with E-state index in [0.29, 0.717) is 11.6 Å². The number of nitrogens with zero attached hydrogens (tertiary/aromatic N) is 2. The number of nitrogens with one attached hydrogen (secondary N) is 1. The molecule has 0 saturated carbocycles. The first kappa shape index (κ1) is 18.9. The average Bonchev–Trinajstić information content (AvgIpc) is 2.63. The molecule has 2 aromatic carbocycles. The molecule has 3 aromatic rings. The van der Waals surface area contributed by atoms with Gasteiger partial charge in [0.25, 0.3) is 5.56 Å². The monoisotopic (exact) mass is 403 g/mol. The lowest BCUT2D eigenvalue weighted by Crippen LogP contribution is -2.33. The third-order valence-corrected chi connectivity index (χ3v) is 4.49. The second kappa shape index (κ2) is 7.82. The fraction of sp³-hybridized carbons (Fsp3) is 0.105. The van der Waals surface area contributed by atoms with Gasteiger partial charge in [-0.25, -0.2) is 9.36 Å². The molecule has 0 fully saturated rings. The van der Waals surface area contributed by atoms with E-state index in [-0.39, 0.29) is 22.0 Å². The molecule has 138 valence electrons. The molecular weight excluding hydrogens is 389 g/mol. The second-order valence-electron chi connectivity index (χ2n) is 5.78. The van der Waals surface area contributed by atoms with Crippen LogP contribution in [0.4, 0.5) is 0 Å². The molecule has 0 atom stereocenters. The molecular formula is C19H15Cl2N3O3. The molecule has 0 unspecified atom stereocenters. The summed E-state index contributed by atoms with van der Waals surface area (Å²) in [5.74, 6) is -0.553. The van der Waals surface area contributed by atoms with Crippen molar-refractivity contribution in [3.05, 3.63) is 90.5 Å². The fourth-order valence-corrected chi connectivity index (χ4v) is 2.97. The summed E-state index contributed by atoms with van der Waals surface area (Å²) in [4.78, 5) is 31.1. The first-order valence-corrected chi connectivity index (χ1v) is 8.73. The molecule has 0 aliphatic heterocycles. The van der Waals surface area contributed by atoms with Gasteiger partial charge in [0.15, 0.2) is 0 Å². The second-order valence-corrected chi connectivity index (χ2v) is 6.62. The lowest BCUT2D eigenvalue weighted by molar-refractivity contribution is 0.429. The molecule has 3 rings (SSSR count). The van der Waals surface area contributed by atoms with Gasteiger partial charge in [0.1, 0.15) is 5.56 Å².